The summed E-state index contributed by atoms with van der Waals surface area (Å²) < 4.78 is 0. The van der Waals surface area contributed by atoms with Gasteiger partial charge >= 0.3 is 5.97 Å². The Labute approximate surface area is 106 Å². The highest BCUT2D eigenvalue weighted by atomic mass is 32.2. The minimum absolute atomic E-state index is 0.224. The molecule has 0 spiro atoms. The molecule has 0 aliphatic carbocycles. The molecule has 17 heavy (non-hydrogen) atoms. The quantitative estimate of drug-likeness (QED) is 0.680. The molecule has 0 aromatic heterocycles. The lowest BCUT2D eigenvalue weighted by Crippen LogP contribution is -2.11. The third-order valence-electron chi connectivity index (χ3n) is 2.54. The normalized spacial score (nSPS) is 12.1. The van der Waals surface area contributed by atoms with Crippen LogP contribution in [0, 0.1) is 0 Å². The summed E-state index contributed by atoms with van der Waals surface area (Å²) in [6.45, 7) is 2.90. The van der Waals surface area contributed by atoms with Crippen LogP contribution in [-0.2, 0) is 0 Å². The predicted molar refractivity (Wildman–Crippen MR) is 73.9 cm³/mol. The number of aromatic carboxylic acids is 1. The van der Waals surface area contributed by atoms with Gasteiger partial charge in [-0.2, -0.15) is 11.8 Å². The number of rotatable bonds is 6. The van der Waals surface area contributed by atoms with Crippen LogP contribution in [0.25, 0.3) is 0 Å². The smallest absolute Gasteiger partial charge is 0.337 e. The first-order valence-corrected chi connectivity index (χ1v) is 6.73. The van der Waals surface area contributed by atoms with Gasteiger partial charge in [0.25, 0.3) is 0 Å². The number of carbonyl (C=O) groups is 1. The number of carboxylic acids is 1. The summed E-state index contributed by atoms with van der Waals surface area (Å²) in [5.74, 6) is -0.960. The number of thioether (sulfide) groups is 1. The van der Waals surface area contributed by atoms with E-state index in [-0.39, 0.29) is 5.56 Å². The van der Waals surface area contributed by atoms with E-state index in [0.717, 1.165) is 13.0 Å². The lowest BCUT2D eigenvalue weighted by molar-refractivity contribution is 0.0698. The molecular formula is C12H18N2O2S. The zero-order valence-electron chi connectivity index (χ0n) is 10.1. The van der Waals surface area contributed by atoms with Gasteiger partial charge in [0, 0.05) is 23.2 Å². The van der Waals surface area contributed by atoms with Gasteiger partial charge in [-0.05, 0) is 30.9 Å². The molecule has 4 nitrogen and oxygen atoms in total. The Kier molecular flexibility index (Phi) is 5.15. The molecule has 5 heteroatoms. The molecule has 4 N–H and O–H groups in total. The molecule has 1 atom stereocenters. The van der Waals surface area contributed by atoms with E-state index >= 15 is 0 Å². The van der Waals surface area contributed by atoms with Crippen LogP contribution in [0.5, 0.6) is 0 Å². The maximum atomic E-state index is 11.0. The Morgan fingerprint density at radius 3 is 2.88 bits per heavy atom. The number of nitrogens with one attached hydrogen (secondary N) is 1. The Morgan fingerprint density at radius 1 is 1.59 bits per heavy atom. The molecule has 1 aromatic carbocycles. The van der Waals surface area contributed by atoms with Crippen molar-refractivity contribution in [3.05, 3.63) is 23.8 Å². The Bertz CT molecular complexity index is 396. The van der Waals surface area contributed by atoms with E-state index in [1.165, 1.54) is 6.07 Å². The molecule has 0 saturated heterocycles. The van der Waals surface area contributed by atoms with E-state index < -0.39 is 5.97 Å². The molecule has 0 aliphatic heterocycles. The summed E-state index contributed by atoms with van der Waals surface area (Å²) in [5.41, 5.74) is 6.88. The molecular weight excluding hydrogens is 236 g/mol. The Hall–Kier alpha value is -1.36. The van der Waals surface area contributed by atoms with E-state index in [1.807, 2.05) is 0 Å². The highest BCUT2D eigenvalue weighted by Crippen LogP contribution is 2.19. The van der Waals surface area contributed by atoms with E-state index in [4.69, 9.17) is 10.8 Å². The van der Waals surface area contributed by atoms with Crippen LogP contribution in [-0.4, -0.2) is 29.1 Å². The number of carboxylic acid groups (broad SMARTS) is 1. The van der Waals surface area contributed by atoms with Crippen LogP contribution in [0.1, 0.15) is 23.7 Å². The van der Waals surface area contributed by atoms with Gasteiger partial charge in [0.15, 0.2) is 0 Å². The van der Waals surface area contributed by atoms with Crippen molar-refractivity contribution in [2.45, 2.75) is 18.6 Å². The number of hydrogen-bond acceptors (Lipinski definition) is 4. The van der Waals surface area contributed by atoms with Crippen molar-refractivity contribution in [2.24, 2.45) is 0 Å². The molecule has 0 saturated carbocycles. The molecule has 0 aliphatic rings. The standard InChI is InChI=1S/C12H18N2O2S/c1-8(17-2)5-6-14-11-4-3-9(13)7-10(11)12(15)16/h3-4,7-8,14H,5-6,13H2,1-2H3,(H,15,16). The van der Waals surface area contributed by atoms with Gasteiger partial charge in [0.05, 0.1) is 5.56 Å². The second-order valence-electron chi connectivity index (χ2n) is 3.87. The summed E-state index contributed by atoms with van der Waals surface area (Å²) in [4.78, 5) is 11.0. The maximum Gasteiger partial charge on any atom is 0.337 e. The number of nitrogens with two attached hydrogens (primary N) is 1. The van der Waals surface area contributed by atoms with Gasteiger partial charge in [-0.1, -0.05) is 6.92 Å². The van der Waals surface area contributed by atoms with Crippen molar-refractivity contribution in [1.29, 1.82) is 0 Å². The minimum atomic E-state index is -0.960. The fraction of sp³-hybridized carbons (Fsp3) is 0.417. The lowest BCUT2D eigenvalue weighted by Gasteiger charge is -2.12. The first-order chi connectivity index (χ1) is 8.04. The number of anilines is 2. The zero-order chi connectivity index (χ0) is 12.8. The second kappa shape index (κ2) is 6.39. The summed E-state index contributed by atoms with van der Waals surface area (Å²) in [6.07, 6.45) is 3.06. The second-order valence-corrected chi connectivity index (χ2v) is 5.15. The summed E-state index contributed by atoms with van der Waals surface area (Å²) in [7, 11) is 0. The first-order valence-electron chi connectivity index (χ1n) is 5.44. The summed E-state index contributed by atoms with van der Waals surface area (Å²) in [6, 6.07) is 4.89. The maximum absolute atomic E-state index is 11.0. The van der Waals surface area contributed by atoms with Crippen molar-refractivity contribution in [3.8, 4) is 0 Å². The van der Waals surface area contributed by atoms with Crippen LogP contribution in [0.4, 0.5) is 11.4 Å². The van der Waals surface area contributed by atoms with Gasteiger partial charge in [-0.3, -0.25) is 0 Å². The Balaban J connectivity index is 2.67. The highest BCUT2D eigenvalue weighted by Gasteiger charge is 2.10. The predicted octanol–water partition coefficient (Wildman–Crippen LogP) is 2.52. The van der Waals surface area contributed by atoms with Gasteiger partial charge in [0.2, 0.25) is 0 Å². The van der Waals surface area contributed by atoms with Gasteiger partial charge in [-0.15, -0.1) is 0 Å². The van der Waals surface area contributed by atoms with Crippen LogP contribution in [0.3, 0.4) is 0 Å². The van der Waals surface area contributed by atoms with Crippen LogP contribution in [0.15, 0.2) is 18.2 Å². The third kappa shape index (κ3) is 4.19. The van der Waals surface area contributed by atoms with Gasteiger partial charge in [0.1, 0.15) is 0 Å². The average Bonchev–Trinajstić information content (AvgIpc) is 2.30. The highest BCUT2D eigenvalue weighted by molar-refractivity contribution is 7.99. The van der Waals surface area contributed by atoms with Crippen molar-refractivity contribution >= 4 is 29.1 Å². The molecule has 0 amide bonds. The minimum Gasteiger partial charge on any atom is -0.478 e. The van der Waals surface area contributed by atoms with Crippen LogP contribution >= 0.6 is 11.8 Å². The van der Waals surface area contributed by atoms with Crippen LogP contribution < -0.4 is 11.1 Å². The van der Waals surface area contributed by atoms with Crippen molar-refractivity contribution in [2.75, 3.05) is 23.9 Å². The lowest BCUT2D eigenvalue weighted by atomic mass is 10.1. The van der Waals surface area contributed by atoms with E-state index in [1.54, 1.807) is 23.9 Å². The third-order valence-corrected chi connectivity index (χ3v) is 3.58. The molecule has 1 aromatic rings. The molecule has 0 radical (unpaired) electrons. The van der Waals surface area contributed by atoms with E-state index in [0.29, 0.717) is 16.6 Å². The molecule has 0 heterocycles. The largest absolute Gasteiger partial charge is 0.478 e. The van der Waals surface area contributed by atoms with Crippen molar-refractivity contribution < 1.29 is 9.90 Å². The molecule has 1 rings (SSSR count). The summed E-state index contributed by atoms with van der Waals surface area (Å²) in [5, 5.41) is 12.7. The SMILES string of the molecule is CSC(C)CCNc1ccc(N)cc1C(=O)O. The fourth-order valence-electron chi connectivity index (χ4n) is 1.42. The fourth-order valence-corrected chi connectivity index (χ4v) is 1.77. The molecule has 1 unspecified atom stereocenters. The van der Waals surface area contributed by atoms with Crippen LogP contribution in [0.2, 0.25) is 0 Å². The average molecular weight is 254 g/mol. The molecule has 0 fully saturated rings. The molecule has 94 valence electrons. The Morgan fingerprint density at radius 2 is 2.29 bits per heavy atom. The van der Waals surface area contributed by atoms with E-state index in [2.05, 4.69) is 18.5 Å². The number of hydrogen-bond donors (Lipinski definition) is 3. The van der Waals surface area contributed by atoms with Crippen molar-refractivity contribution in [3.63, 3.8) is 0 Å². The van der Waals surface area contributed by atoms with Crippen molar-refractivity contribution in [1.82, 2.24) is 0 Å². The first kappa shape index (κ1) is 13.7. The topological polar surface area (TPSA) is 75.3 Å². The van der Waals surface area contributed by atoms with Gasteiger partial charge in [-0.25, -0.2) is 4.79 Å². The zero-order valence-corrected chi connectivity index (χ0v) is 10.9. The molecule has 0 bridgehead atoms. The number of nitrogen functional groups attached to an aromatic ring is 1. The monoisotopic (exact) mass is 254 g/mol. The van der Waals surface area contributed by atoms with E-state index in [9.17, 15) is 4.79 Å². The summed E-state index contributed by atoms with van der Waals surface area (Å²) >= 11 is 1.80. The number of benzene rings is 1. The van der Waals surface area contributed by atoms with Gasteiger partial charge < -0.3 is 16.2 Å².